The van der Waals surface area contributed by atoms with E-state index in [0.29, 0.717) is 31.7 Å². The third-order valence-electron chi connectivity index (χ3n) is 8.66. The number of nitrogens with zero attached hydrogens (tertiary/aromatic N) is 1. The molecule has 1 aliphatic carbocycles. The second kappa shape index (κ2) is 15.7. The summed E-state index contributed by atoms with van der Waals surface area (Å²) in [6.07, 6.45) is 7.72. The molecule has 1 saturated carbocycles. The summed E-state index contributed by atoms with van der Waals surface area (Å²) in [7, 11) is 1.63. The third-order valence-corrected chi connectivity index (χ3v) is 8.66. The molecular formula is C34H51N3O5. The van der Waals surface area contributed by atoms with E-state index in [1.54, 1.807) is 7.11 Å². The molecule has 2 N–H and O–H groups in total. The van der Waals surface area contributed by atoms with Gasteiger partial charge in [0.05, 0.1) is 26.3 Å². The van der Waals surface area contributed by atoms with Gasteiger partial charge in [-0.1, -0.05) is 44.4 Å². The Kier molecular flexibility index (Phi) is 11.8. The Morgan fingerprint density at radius 2 is 1.83 bits per heavy atom. The molecule has 2 fully saturated rings. The van der Waals surface area contributed by atoms with E-state index in [-0.39, 0.29) is 38.8 Å². The molecule has 42 heavy (non-hydrogen) atoms. The summed E-state index contributed by atoms with van der Waals surface area (Å²) in [5.41, 5.74) is 2.61. The molecule has 2 amide bonds. The van der Waals surface area contributed by atoms with Gasteiger partial charge < -0.3 is 25.0 Å². The number of hydrogen-bond acceptors (Lipinski definition) is 6. The zero-order chi connectivity index (χ0) is 29.9. The number of nitrogens with one attached hydrogen (secondary N) is 2. The van der Waals surface area contributed by atoms with E-state index in [2.05, 4.69) is 10.6 Å². The Hall–Kier alpha value is -3.39. The first-order valence-corrected chi connectivity index (χ1v) is 15.6. The van der Waals surface area contributed by atoms with Crippen LogP contribution < -0.4 is 20.1 Å². The number of Topliss-reactive ketones (excluding diaryl/α,β-unsaturated/α-hetero) is 1. The molecule has 0 aromatic heterocycles. The molecule has 1 heterocycles. The highest BCUT2D eigenvalue weighted by molar-refractivity contribution is 5.98. The summed E-state index contributed by atoms with van der Waals surface area (Å²) < 4.78 is 11.1. The van der Waals surface area contributed by atoms with E-state index >= 15 is 0 Å². The molecule has 4 rings (SSSR count). The number of benzene rings is 2. The van der Waals surface area contributed by atoms with Crippen molar-refractivity contribution >= 4 is 17.6 Å². The van der Waals surface area contributed by atoms with Crippen LogP contribution in [0, 0.1) is 5.92 Å². The molecule has 2 atom stereocenters. The number of methoxy groups -OCH3 is 1. The van der Waals surface area contributed by atoms with Crippen LogP contribution in [0.5, 0.6) is 11.5 Å². The van der Waals surface area contributed by atoms with Crippen molar-refractivity contribution < 1.29 is 26.7 Å². The maximum absolute atomic E-state index is 13.3. The largest absolute Gasteiger partial charge is 0.497 e. The van der Waals surface area contributed by atoms with Crippen LogP contribution in [0.2, 0.25) is 0 Å². The first-order chi connectivity index (χ1) is 20.4. The Balaban J connectivity index is 0.00000337. The van der Waals surface area contributed by atoms with Gasteiger partial charge in [0, 0.05) is 52.0 Å². The molecule has 8 nitrogen and oxygen atoms in total. The minimum atomic E-state index is -0.413. The van der Waals surface area contributed by atoms with Crippen LogP contribution in [0.3, 0.4) is 0 Å². The fourth-order valence-corrected chi connectivity index (χ4v) is 6.30. The van der Waals surface area contributed by atoms with Gasteiger partial charge in [-0.25, -0.2) is 0 Å². The zero-order valence-corrected chi connectivity index (χ0v) is 25.5. The maximum Gasteiger partial charge on any atom is 0.251 e. The van der Waals surface area contributed by atoms with Crippen molar-refractivity contribution in [1.29, 1.82) is 0 Å². The van der Waals surface area contributed by atoms with E-state index in [0.717, 1.165) is 67.7 Å². The molecule has 0 spiro atoms. The van der Waals surface area contributed by atoms with Gasteiger partial charge in [0.1, 0.15) is 11.5 Å². The van der Waals surface area contributed by atoms with Crippen LogP contribution >= 0.6 is 0 Å². The zero-order valence-electron chi connectivity index (χ0n) is 25.5. The number of rotatable bonds is 13. The SMILES string of the molecule is CCOc1cc(OC)ccc1CNCC(=O)N1CCCC(c2cccc(C(=O)N[C@H](C(=O)CC)C3CCCCC3)c2)C1.[HH].[HH]. The highest BCUT2D eigenvalue weighted by Crippen LogP contribution is 2.30. The number of likely N-dealkylation sites (tertiary alicyclic amines) is 1. The molecule has 8 heteroatoms. The maximum atomic E-state index is 13.3. The fourth-order valence-electron chi connectivity index (χ4n) is 6.30. The third kappa shape index (κ3) is 8.34. The number of piperidine rings is 1. The molecular weight excluding hydrogens is 530 g/mol. The van der Waals surface area contributed by atoms with E-state index in [4.69, 9.17) is 9.47 Å². The molecule has 1 unspecified atom stereocenters. The second-order valence-corrected chi connectivity index (χ2v) is 11.5. The number of ether oxygens (including phenoxy) is 2. The lowest BCUT2D eigenvalue weighted by Crippen LogP contribution is -2.46. The normalized spacial score (nSPS) is 18.3. The lowest BCUT2D eigenvalue weighted by atomic mass is 9.81. The number of ketones is 1. The van der Waals surface area contributed by atoms with Crippen molar-refractivity contribution in [3.05, 3.63) is 59.2 Å². The Bertz CT molecular complexity index is 1220. The first kappa shape index (κ1) is 31.5. The summed E-state index contributed by atoms with van der Waals surface area (Å²) in [5, 5.41) is 6.37. The summed E-state index contributed by atoms with van der Waals surface area (Å²) in [6.45, 7) is 6.46. The van der Waals surface area contributed by atoms with E-state index in [1.165, 1.54) is 6.42 Å². The molecule has 0 radical (unpaired) electrons. The Labute approximate surface area is 253 Å². The van der Waals surface area contributed by atoms with Gasteiger partial charge in [-0.2, -0.15) is 0 Å². The van der Waals surface area contributed by atoms with Gasteiger partial charge in [0.2, 0.25) is 5.91 Å². The van der Waals surface area contributed by atoms with Gasteiger partial charge in [-0.3, -0.25) is 14.4 Å². The standard InChI is InChI=1S/C34H47N3O5.2H2/c1-4-30(38)33(24-11-7-6-8-12-24)36-34(40)26-14-9-13-25(19-26)28-15-10-18-37(23-28)32(39)22-35-21-27-16-17-29(41-3)20-31(27)42-5-2;;/h9,13-14,16-17,19-20,24,28,33,35H,4-8,10-12,15,18,21-23H2,1-3H3,(H,36,40);2*1H/t28?,33-;;/m0../s1. The van der Waals surface area contributed by atoms with Crippen molar-refractivity contribution in [2.45, 2.75) is 83.7 Å². The van der Waals surface area contributed by atoms with Gasteiger partial charge in [-0.15, -0.1) is 0 Å². The summed E-state index contributed by atoms with van der Waals surface area (Å²) in [6, 6.07) is 13.0. The van der Waals surface area contributed by atoms with E-state index in [9.17, 15) is 14.4 Å². The van der Waals surface area contributed by atoms with Gasteiger partial charge >= 0.3 is 0 Å². The van der Waals surface area contributed by atoms with E-state index < -0.39 is 6.04 Å². The summed E-state index contributed by atoms with van der Waals surface area (Å²) >= 11 is 0. The van der Waals surface area contributed by atoms with Crippen molar-refractivity contribution in [1.82, 2.24) is 15.5 Å². The molecule has 2 aliphatic rings. The van der Waals surface area contributed by atoms with Crippen molar-refractivity contribution in [2.75, 3.05) is 33.4 Å². The second-order valence-electron chi connectivity index (χ2n) is 11.5. The number of hydrogen-bond donors (Lipinski definition) is 2. The van der Waals surface area contributed by atoms with Crippen LogP contribution in [-0.2, 0) is 16.1 Å². The van der Waals surface area contributed by atoms with Crippen molar-refractivity contribution in [2.24, 2.45) is 5.92 Å². The van der Waals surface area contributed by atoms with Crippen molar-refractivity contribution in [3.63, 3.8) is 0 Å². The molecule has 1 saturated heterocycles. The van der Waals surface area contributed by atoms with Gasteiger partial charge in [0.25, 0.3) is 5.91 Å². The molecule has 2 aromatic carbocycles. The van der Waals surface area contributed by atoms with Crippen LogP contribution in [0.15, 0.2) is 42.5 Å². The average molecular weight is 582 g/mol. The first-order valence-electron chi connectivity index (χ1n) is 15.6. The highest BCUT2D eigenvalue weighted by Gasteiger charge is 2.30. The van der Waals surface area contributed by atoms with Gasteiger partial charge in [-0.05, 0) is 62.3 Å². The number of carbonyl (C=O) groups is 3. The monoisotopic (exact) mass is 581 g/mol. The number of amides is 2. The minimum absolute atomic E-state index is 0. The van der Waals surface area contributed by atoms with Crippen LogP contribution in [0.25, 0.3) is 0 Å². The van der Waals surface area contributed by atoms with Crippen LogP contribution in [0.4, 0.5) is 0 Å². The summed E-state index contributed by atoms with van der Waals surface area (Å²) in [5.74, 6) is 1.86. The fraction of sp³-hybridized carbons (Fsp3) is 0.559. The minimum Gasteiger partial charge on any atom is -0.497 e. The molecule has 0 bridgehead atoms. The topological polar surface area (TPSA) is 97.0 Å². The molecule has 2 aromatic rings. The lowest BCUT2D eigenvalue weighted by molar-refractivity contribution is -0.131. The predicted octanol–water partition coefficient (Wildman–Crippen LogP) is 5.74. The highest BCUT2D eigenvalue weighted by atomic mass is 16.5. The quantitative estimate of drug-likeness (QED) is 0.313. The molecule has 232 valence electrons. The molecule has 1 aliphatic heterocycles. The smallest absolute Gasteiger partial charge is 0.251 e. The average Bonchev–Trinajstić information content (AvgIpc) is 3.04. The van der Waals surface area contributed by atoms with E-state index in [1.807, 2.05) is 61.2 Å². The van der Waals surface area contributed by atoms with Crippen LogP contribution in [0.1, 0.15) is 95.5 Å². The van der Waals surface area contributed by atoms with Gasteiger partial charge in [0.15, 0.2) is 5.78 Å². The Morgan fingerprint density at radius 3 is 2.57 bits per heavy atom. The predicted molar refractivity (Wildman–Crippen MR) is 168 cm³/mol. The summed E-state index contributed by atoms with van der Waals surface area (Å²) in [4.78, 5) is 41.1. The lowest BCUT2D eigenvalue weighted by Gasteiger charge is -2.33. The number of carbonyl (C=O) groups excluding carboxylic acids is 3. The Morgan fingerprint density at radius 1 is 1.02 bits per heavy atom. The van der Waals surface area contributed by atoms with Crippen molar-refractivity contribution in [3.8, 4) is 11.5 Å². The van der Waals surface area contributed by atoms with Crippen LogP contribution in [-0.4, -0.2) is 61.9 Å².